The highest BCUT2D eigenvalue weighted by molar-refractivity contribution is 5.80. The number of carbonyl (C=O) groups is 1. The van der Waals surface area contributed by atoms with Gasteiger partial charge in [-0.05, 0) is 19.8 Å². The highest BCUT2D eigenvalue weighted by Crippen LogP contribution is 2.28. The van der Waals surface area contributed by atoms with Crippen LogP contribution in [0.4, 0.5) is 11.9 Å². The summed E-state index contributed by atoms with van der Waals surface area (Å²) in [5.74, 6) is 1.25. The van der Waals surface area contributed by atoms with Gasteiger partial charge in [0.25, 0.3) is 0 Å². The van der Waals surface area contributed by atoms with E-state index in [4.69, 9.17) is 4.74 Å². The Morgan fingerprint density at radius 1 is 1.20 bits per heavy atom. The SMILES string of the molecule is CCNc1nc(NCCNC(=O)C2CC2)nc(OC)n1. The minimum Gasteiger partial charge on any atom is -0.467 e. The molecule has 1 aliphatic rings. The Hall–Kier alpha value is -2.12. The lowest BCUT2D eigenvalue weighted by Crippen LogP contribution is -2.30. The highest BCUT2D eigenvalue weighted by Gasteiger charge is 2.28. The van der Waals surface area contributed by atoms with Gasteiger partial charge in [0, 0.05) is 25.6 Å². The van der Waals surface area contributed by atoms with Crippen LogP contribution in [-0.4, -0.2) is 47.6 Å². The number of nitrogens with zero attached hydrogens (tertiary/aromatic N) is 3. The molecular formula is C12H20N6O2. The number of amides is 1. The molecule has 1 aromatic rings. The first kappa shape index (κ1) is 14.3. The molecule has 8 nitrogen and oxygen atoms in total. The normalized spacial score (nSPS) is 13.7. The first-order valence-electron chi connectivity index (χ1n) is 6.78. The molecule has 2 rings (SSSR count). The van der Waals surface area contributed by atoms with Crippen molar-refractivity contribution in [1.29, 1.82) is 0 Å². The molecule has 0 spiro atoms. The van der Waals surface area contributed by atoms with Crippen molar-refractivity contribution >= 4 is 17.8 Å². The van der Waals surface area contributed by atoms with Gasteiger partial charge in [0.15, 0.2) is 0 Å². The molecule has 1 heterocycles. The molecule has 1 aromatic heterocycles. The van der Waals surface area contributed by atoms with E-state index >= 15 is 0 Å². The standard InChI is InChI=1S/C12H20N6O2/c1-3-13-10-16-11(18-12(17-10)20-2)15-7-6-14-9(19)8-4-5-8/h8H,3-7H2,1-2H3,(H,14,19)(H2,13,15,16,17,18). The maximum absolute atomic E-state index is 11.4. The third-order valence-corrected chi connectivity index (χ3v) is 2.79. The third kappa shape index (κ3) is 4.22. The lowest BCUT2D eigenvalue weighted by atomic mass is 10.4. The van der Waals surface area contributed by atoms with E-state index in [0.717, 1.165) is 12.8 Å². The molecule has 0 aromatic carbocycles. The number of rotatable bonds is 8. The molecule has 1 aliphatic carbocycles. The summed E-state index contributed by atoms with van der Waals surface area (Å²) in [6, 6.07) is 0.250. The first-order valence-corrected chi connectivity index (χ1v) is 6.78. The Kier molecular flexibility index (Phi) is 4.91. The zero-order valence-electron chi connectivity index (χ0n) is 11.8. The molecular weight excluding hydrogens is 260 g/mol. The average molecular weight is 280 g/mol. The summed E-state index contributed by atoms with van der Waals surface area (Å²) in [6.07, 6.45) is 2.02. The van der Waals surface area contributed by atoms with Crippen LogP contribution in [0.1, 0.15) is 19.8 Å². The van der Waals surface area contributed by atoms with Crippen LogP contribution in [0.3, 0.4) is 0 Å². The van der Waals surface area contributed by atoms with Gasteiger partial charge < -0.3 is 20.7 Å². The number of hydrogen-bond acceptors (Lipinski definition) is 7. The number of carbonyl (C=O) groups excluding carboxylic acids is 1. The van der Waals surface area contributed by atoms with E-state index in [1.165, 1.54) is 7.11 Å². The second-order valence-corrected chi connectivity index (χ2v) is 4.49. The lowest BCUT2D eigenvalue weighted by Gasteiger charge is -2.09. The molecule has 0 atom stereocenters. The van der Waals surface area contributed by atoms with Crippen LogP contribution in [0, 0.1) is 5.92 Å². The third-order valence-electron chi connectivity index (χ3n) is 2.79. The molecule has 1 saturated carbocycles. The van der Waals surface area contributed by atoms with Gasteiger partial charge in [0.2, 0.25) is 17.8 Å². The van der Waals surface area contributed by atoms with Crippen molar-refractivity contribution in [3.8, 4) is 6.01 Å². The van der Waals surface area contributed by atoms with Gasteiger partial charge in [-0.15, -0.1) is 0 Å². The smallest absolute Gasteiger partial charge is 0.322 e. The van der Waals surface area contributed by atoms with E-state index in [-0.39, 0.29) is 17.8 Å². The summed E-state index contributed by atoms with van der Waals surface area (Å²) in [4.78, 5) is 23.8. The maximum atomic E-state index is 11.4. The second-order valence-electron chi connectivity index (χ2n) is 4.49. The topological polar surface area (TPSA) is 101 Å². The fraction of sp³-hybridized carbons (Fsp3) is 0.667. The van der Waals surface area contributed by atoms with E-state index in [1.807, 2.05) is 6.92 Å². The number of hydrogen-bond donors (Lipinski definition) is 3. The largest absolute Gasteiger partial charge is 0.467 e. The molecule has 1 fully saturated rings. The van der Waals surface area contributed by atoms with Gasteiger partial charge in [-0.2, -0.15) is 15.0 Å². The zero-order valence-corrected chi connectivity index (χ0v) is 11.8. The predicted molar refractivity (Wildman–Crippen MR) is 74.8 cm³/mol. The van der Waals surface area contributed by atoms with Crippen molar-refractivity contribution in [3.05, 3.63) is 0 Å². The molecule has 20 heavy (non-hydrogen) atoms. The van der Waals surface area contributed by atoms with Crippen LogP contribution in [0.15, 0.2) is 0 Å². The minimum atomic E-state index is 0.133. The molecule has 0 aliphatic heterocycles. The Morgan fingerprint density at radius 2 is 1.90 bits per heavy atom. The van der Waals surface area contributed by atoms with Crippen LogP contribution in [-0.2, 0) is 4.79 Å². The molecule has 0 radical (unpaired) electrons. The van der Waals surface area contributed by atoms with Gasteiger partial charge in [-0.1, -0.05) is 0 Å². The van der Waals surface area contributed by atoms with Gasteiger partial charge >= 0.3 is 6.01 Å². The van der Waals surface area contributed by atoms with Crippen LogP contribution in [0.25, 0.3) is 0 Å². The van der Waals surface area contributed by atoms with Crippen molar-refractivity contribution in [3.63, 3.8) is 0 Å². The van der Waals surface area contributed by atoms with E-state index in [9.17, 15) is 4.79 Å². The number of anilines is 2. The Morgan fingerprint density at radius 3 is 2.50 bits per heavy atom. The Labute approximate surface area is 117 Å². The van der Waals surface area contributed by atoms with Crippen molar-refractivity contribution in [2.75, 3.05) is 37.4 Å². The van der Waals surface area contributed by atoms with Gasteiger partial charge in [-0.3, -0.25) is 4.79 Å². The first-order chi connectivity index (χ1) is 9.72. The summed E-state index contributed by atoms with van der Waals surface area (Å²) < 4.78 is 5.01. The predicted octanol–water partition coefficient (Wildman–Crippen LogP) is 0.250. The molecule has 1 amide bonds. The quantitative estimate of drug-likeness (QED) is 0.587. The van der Waals surface area contributed by atoms with Crippen LogP contribution >= 0.6 is 0 Å². The van der Waals surface area contributed by atoms with E-state index in [0.29, 0.717) is 31.5 Å². The second kappa shape index (κ2) is 6.88. The summed E-state index contributed by atoms with van der Waals surface area (Å²) in [5, 5.41) is 8.90. The molecule has 110 valence electrons. The molecule has 3 N–H and O–H groups in total. The number of ether oxygens (including phenoxy) is 1. The minimum absolute atomic E-state index is 0.133. The molecule has 0 unspecified atom stereocenters. The molecule has 8 heteroatoms. The summed E-state index contributed by atoms with van der Waals surface area (Å²) in [7, 11) is 1.50. The van der Waals surface area contributed by atoms with Crippen molar-refractivity contribution < 1.29 is 9.53 Å². The van der Waals surface area contributed by atoms with Crippen LogP contribution < -0.4 is 20.7 Å². The van der Waals surface area contributed by atoms with Gasteiger partial charge in [0.1, 0.15) is 0 Å². The number of methoxy groups -OCH3 is 1. The Bertz CT molecular complexity index is 463. The summed E-state index contributed by atoms with van der Waals surface area (Å²) in [5.41, 5.74) is 0. The molecule has 0 bridgehead atoms. The fourth-order valence-electron chi connectivity index (χ4n) is 1.61. The number of aromatic nitrogens is 3. The highest BCUT2D eigenvalue weighted by atomic mass is 16.5. The van der Waals surface area contributed by atoms with Crippen LogP contribution in [0.5, 0.6) is 6.01 Å². The lowest BCUT2D eigenvalue weighted by molar-refractivity contribution is -0.122. The fourth-order valence-corrected chi connectivity index (χ4v) is 1.61. The van der Waals surface area contributed by atoms with E-state index < -0.39 is 0 Å². The van der Waals surface area contributed by atoms with Gasteiger partial charge in [-0.25, -0.2) is 0 Å². The summed E-state index contributed by atoms with van der Waals surface area (Å²) in [6.45, 7) is 3.76. The van der Waals surface area contributed by atoms with E-state index in [1.54, 1.807) is 0 Å². The van der Waals surface area contributed by atoms with Gasteiger partial charge in [0.05, 0.1) is 7.11 Å². The van der Waals surface area contributed by atoms with Crippen molar-refractivity contribution in [2.45, 2.75) is 19.8 Å². The Balaban J connectivity index is 1.81. The average Bonchev–Trinajstić information content (AvgIpc) is 3.28. The number of nitrogens with one attached hydrogen (secondary N) is 3. The zero-order chi connectivity index (χ0) is 14.4. The monoisotopic (exact) mass is 280 g/mol. The van der Waals surface area contributed by atoms with Crippen LogP contribution in [0.2, 0.25) is 0 Å². The van der Waals surface area contributed by atoms with Crippen molar-refractivity contribution in [2.24, 2.45) is 5.92 Å². The van der Waals surface area contributed by atoms with E-state index in [2.05, 4.69) is 30.9 Å². The van der Waals surface area contributed by atoms with Crippen molar-refractivity contribution in [1.82, 2.24) is 20.3 Å². The molecule has 0 saturated heterocycles. The maximum Gasteiger partial charge on any atom is 0.322 e. The summed E-state index contributed by atoms with van der Waals surface area (Å²) >= 11 is 0.